The molecule has 0 bridgehead atoms. The summed E-state index contributed by atoms with van der Waals surface area (Å²) in [5.74, 6) is -0.483. The van der Waals surface area contributed by atoms with Crippen LogP contribution in [0.15, 0.2) is 53.4 Å². The highest BCUT2D eigenvalue weighted by molar-refractivity contribution is 9.10. The molecule has 0 aliphatic heterocycles. The number of rotatable bonds is 4. The molecule has 0 aliphatic rings. The largest absolute Gasteiger partial charge is 0.352 e. The van der Waals surface area contributed by atoms with Crippen molar-refractivity contribution in [3.63, 3.8) is 0 Å². The van der Waals surface area contributed by atoms with E-state index in [0.717, 1.165) is 4.47 Å². The second kappa shape index (κ2) is 6.27. The molecule has 0 saturated carbocycles. The van der Waals surface area contributed by atoms with Crippen LogP contribution in [0.25, 0.3) is 5.65 Å². The molecule has 22 heavy (non-hydrogen) atoms. The molecule has 6 heteroatoms. The zero-order valence-corrected chi connectivity index (χ0v) is 13.2. The van der Waals surface area contributed by atoms with Gasteiger partial charge in [0.1, 0.15) is 11.5 Å². The normalized spacial score (nSPS) is 10.8. The van der Waals surface area contributed by atoms with Gasteiger partial charge in [-0.1, -0.05) is 18.2 Å². The first-order chi connectivity index (χ1) is 10.6. The molecule has 0 fully saturated rings. The Kier molecular flexibility index (Phi) is 4.20. The highest BCUT2D eigenvalue weighted by Gasteiger charge is 2.12. The quantitative estimate of drug-likeness (QED) is 0.775. The van der Waals surface area contributed by atoms with Gasteiger partial charge in [0.25, 0.3) is 5.91 Å². The molecule has 2 heterocycles. The number of aromatic nitrogens is 2. The molecule has 3 aromatic rings. The average Bonchev–Trinajstić information content (AvgIpc) is 2.96. The molecule has 0 aliphatic carbocycles. The van der Waals surface area contributed by atoms with Gasteiger partial charge in [-0.3, -0.25) is 4.79 Å². The number of halogens is 2. The smallest absolute Gasteiger partial charge is 0.255 e. The SMILES string of the molecule is O=C(NCCc1ccccc1F)c1cc(Br)cn2ccnc12. The van der Waals surface area contributed by atoms with Crippen LogP contribution in [-0.4, -0.2) is 21.8 Å². The minimum Gasteiger partial charge on any atom is -0.352 e. The summed E-state index contributed by atoms with van der Waals surface area (Å²) in [6.07, 6.45) is 5.68. The summed E-state index contributed by atoms with van der Waals surface area (Å²) in [6, 6.07) is 8.28. The van der Waals surface area contributed by atoms with Crippen molar-refractivity contribution in [2.45, 2.75) is 6.42 Å². The Morgan fingerprint density at radius 3 is 3.00 bits per heavy atom. The molecule has 2 aromatic heterocycles. The van der Waals surface area contributed by atoms with Gasteiger partial charge < -0.3 is 9.72 Å². The standard InChI is InChI=1S/C16H13BrFN3O/c17-12-9-13(15-19-7-8-21(15)10-12)16(22)20-6-5-11-3-1-2-4-14(11)18/h1-4,7-10H,5-6H2,(H,20,22). The van der Waals surface area contributed by atoms with Crippen LogP contribution in [-0.2, 0) is 6.42 Å². The summed E-state index contributed by atoms with van der Waals surface area (Å²) < 4.78 is 16.1. The maximum absolute atomic E-state index is 13.5. The molecule has 0 radical (unpaired) electrons. The third-order valence-corrected chi connectivity index (χ3v) is 3.77. The number of nitrogens with one attached hydrogen (secondary N) is 1. The molecular weight excluding hydrogens is 349 g/mol. The predicted octanol–water partition coefficient (Wildman–Crippen LogP) is 3.21. The van der Waals surface area contributed by atoms with Crippen molar-refractivity contribution in [3.05, 3.63) is 70.3 Å². The fraction of sp³-hybridized carbons (Fsp3) is 0.125. The van der Waals surface area contributed by atoms with Crippen molar-refractivity contribution in [1.82, 2.24) is 14.7 Å². The summed E-state index contributed by atoms with van der Waals surface area (Å²) in [5, 5.41) is 2.80. The van der Waals surface area contributed by atoms with Crippen molar-refractivity contribution in [2.24, 2.45) is 0 Å². The van der Waals surface area contributed by atoms with Crippen LogP contribution in [0, 0.1) is 5.82 Å². The van der Waals surface area contributed by atoms with Gasteiger partial charge in [0, 0.05) is 29.6 Å². The van der Waals surface area contributed by atoms with Crippen molar-refractivity contribution >= 4 is 27.5 Å². The third kappa shape index (κ3) is 3.01. The molecule has 112 valence electrons. The number of benzene rings is 1. The zero-order valence-electron chi connectivity index (χ0n) is 11.6. The Hall–Kier alpha value is -2.21. The van der Waals surface area contributed by atoms with Crippen LogP contribution in [0.1, 0.15) is 15.9 Å². The van der Waals surface area contributed by atoms with Gasteiger partial charge in [0.2, 0.25) is 0 Å². The zero-order chi connectivity index (χ0) is 15.5. The number of pyridine rings is 1. The molecule has 0 atom stereocenters. The number of hydrogen-bond acceptors (Lipinski definition) is 2. The molecule has 1 N–H and O–H groups in total. The minimum atomic E-state index is -0.255. The number of fused-ring (bicyclic) bond motifs is 1. The number of carbonyl (C=O) groups is 1. The molecule has 4 nitrogen and oxygen atoms in total. The average molecular weight is 362 g/mol. The summed E-state index contributed by atoms with van der Waals surface area (Å²) >= 11 is 3.37. The minimum absolute atomic E-state index is 0.228. The highest BCUT2D eigenvalue weighted by Crippen LogP contribution is 2.16. The monoisotopic (exact) mass is 361 g/mol. The van der Waals surface area contributed by atoms with E-state index in [9.17, 15) is 9.18 Å². The van der Waals surface area contributed by atoms with E-state index in [4.69, 9.17) is 0 Å². The fourth-order valence-electron chi connectivity index (χ4n) is 2.27. The third-order valence-electron chi connectivity index (χ3n) is 3.34. The number of amides is 1. The van der Waals surface area contributed by atoms with Gasteiger partial charge in [-0.25, -0.2) is 9.37 Å². The van der Waals surface area contributed by atoms with Gasteiger partial charge >= 0.3 is 0 Å². The summed E-state index contributed by atoms with van der Waals surface area (Å²) in [7, 11) is 0. The van der Waals surface area contributed by atoms with Gasteiger partial charge in [0.05, 0.1) is 5.56 Å². The maximum Gasteiger partial charge on any atom is 0.255 e. The van der Waals surface area contributed by atoms with Gasteiger partial charge in [0.15, 0.2) is 0 Å². The van der Waals surface area contributed by atoms with Crippen molar-refractivity contribution in [2.75, 3.05) is 6.54 Å². The molecule has 1 aromatic carbocycles. The van der Waals surface area contributed by atoms with Crippen LogP contribution in [0.4, 0.5) is 4.39 Å². The molecule has 0 saturated heterocycles. The second-order valence-corrected chi connectivity index (χ2v) is 5.74. The summed E-state index contributed by atoms with van der Waals surface area (Å²) in [6.45, 7) is 0.360. The van der Waals surface area contributed by atoms with E-state index in [1.807, 2.05) is 6.20 Å². The van der Waals surface area contributed by atoms with Crippen LogP contribution >= 0.6 is 15.9 Å². The molecule has 0 spiro atoms. The topological polar surface area (TPSA) is 46.4 Å². The Labute approximate surface area is 135 Å². The lowest BCUT2D eigenvalue weighted by atomic mass is 10.1. The predicted molar refractivity (Wildman–Crippen MR) is 85.3 cm³/mol. The van der Waals surface area contributed by atoms with E-state index in [2.05, 4.69) is 26.2 Å². The van der Waals surface area contributed by atoms with Gasteiger partial charge in [-0.15, -0.1) is 0 Å². The first-order valence-electron chi connectivity index (χ1n) is 6.79. The van der Waals surface area contributed by atoms with Crippen LogP contribution in [0.3, 0.4) is 0 Å². The number of nitrogens with zero attached hydrogens (tertiary/aromatic N) is 2. The Morgan fingerprint density at radius 1 is 1.36 bits per heavy atom. The first-order valence-corrected chi connectivity index (χ1v) is 7.58. The summed E-state index contributed by atoms with van der Waals surface area (Å²) in [5.41, 5.74) is 1.66. The Balaban J connectivity index is 1.71. The molecule has 1 amide bonds. The lowest BCUT2D eigenvalue weighted by Crippen LogP contribution is -2.26. The van der Waals surface area contributed by atoms with Crippen LogP contribution < -0.4 is 5.32 Å². The number of carbonyl (C=O) groups excluding carboxylic acids is 1. The first kappa shape index (κ1) is 14.7. The fourth-order valence-corrected chi connectivity index (χ4v) is 2.72. The van der Waals surface area contributed by atoms with Crippen molar-refractivity contribution in [1.29, 1.82) is 0 Å². The highest BCUT2D eigenvalue weighted by atomic mass is 79.9. The van der Waals surface area contributed by atoms with E-state index in [0.29, 0.717) is 29.7 Å². The summed E-state index contributed by atoms with van der Waals surface area (Å²) in [4.78, 5) is 16.5. The van der Waals surface area contributed by atoms with E-state index >= 15 is 0 Å². The van der Waals surface area contributed by atoms with Gasteiger partial charge in [-0.2, -0.15) is 0 Å². The van der Waals surface area contributed by atoms with Gasteiger partial charge in [-0.05, 0) is 40.0 Å². The van der Waals surface area contributed by atoms with E-state index < -0.39 is 0 Å². The Bertz CT molecular complexity index is 831. The van der Waals surface area contributed by atoms with Crippen LogP contribution in [0.2, 0.25) is 0 Å². The lowest BCUT2D eigenvalue weighted by molar-refractivity contribution is 0.0955. The van der Waals surface area contributed by atoms with Crippen molar-refractivity contribution < 1.29 is 9.18 Å². The number of hydrogen-bond donors (Lipinski definition) is 1. The lowest BCUT2D eigenvalue weighted by Gasteiger charge is -2.08. The molecule has 0 unspecified atom stereocenters. The second-order valence-electron chi connectivity index (χ2n) is 4.83. The molecule has 3 rings (SSSR count). The molecular formula is C16H13BrFN3O. The van der Waals surface area contributed by atoms with Crippen LogP contribution in [0.5, 0.6) is 0 Å². The van der Waals surface area contributed by atoms with E-state index in [-0.39, 0.29) is 11.7 Å². The Morgan fingerprint density at radius 2 is 2.18 bits per heavy atom. The van der Waals surface area contributed by atoms with Crippen molar-refractivity contribution in [3.8, 4) is 0 Å². The maximum atomic E-state index is 13.5. The van der Waals surface area contributed by atoms with E-state index in [1.54, 1.807) is 41.1 Å². The number of imidazole rings is 1. The van der Waals surface area contributed by atoms with E-state index in [1.165, 1.54) is 6.07 Å².